The molecule has 1 saturated carbocycles. The summed E-state index contributed by atoms with van der Waals surface area (Å²) in [6.45, 7) is 3.26. The maximum Gasteiger partial charge on any atom is 0.253 e. The van der Waals surface area contributed by atoms with Crippen molar-refractivity contribution in [2.45, 2.75) is 31.8 Å². The zero-order valence-corrected chi connectivity index (χ0v) is 15.9. The average Bonchev–Trinajstić information content (AvgIpc) is 3.54. The zero-order chi connectivity index (χ0) is 17.9. The van der Waals surface area contributed by atoms with E-state index in [9.17, 15) is 9.59 Å². The van der Waals surface area contributed by atoms with E-state index in [-0.39, 0.29) is 12.0 Å². The fourth-order valence-electron chi connectivity index (χ4n) is 3.60. The van der Waals surface area contributed by atoms with Crippen LogP contribution in [0.2, 0.25) is 0 Å². The summed E-state index contributed by atoms with van der Waals surface area (Å²) in [5, 5.41) is 0. The van der Waals surface area contributed by atoms with Gasteiger partial charge in [0.15, 0.2) is 0 Å². The Balaban J connectivity index is 1.27. The van der Waals surface area contributed by atoms with Gasteiger partial charge in [0.05, 0.1) is 0 Å². The van der Waals surface area contributed by atoms with Crippen LogP contribution in [0.4, 0.5) is 0 Å². The van der Waals surface area contributed by atoms with Gasteiger partial charge in [0, 0.05) is 62.0 Å². The SMILES string of the molecule is O=C(c1ccc(OC2CCN(C(=O)C3CC3)CC2)cc1)N1CCSCC1. The molecule has 140 valence electrons. The Morgan fingerprint density at radius 3 is 2.15 bits per heavy atom. The van der Waals surface area contributed by atoms with Crippen molar-refractivity contribution >= 4 is 23.6 Å². The number of hydrogen-bond donors (Lipinski definition) is 0. The van der Waals surface area contributed by atoms with Crippen molar-refractivity contribution in [1.82, 2.24) is 9.80 Å². The minimum Gasteiger partial charge on any atom is -0.490 e. The Hall–Kier alpha value is -1.69. The van der Waals surface area contributed by atoms with Crippen LogP contribution in [-0.4, -0.2) is 65.4 Å². The molecule has 0 spiro atoms. The molecule has 3 fully saturated rings. The Morgan fingerprint density at radius 1 is 0.885 bits per heavy atom. The summed E-state index contributed by atoms with van der Waals surface area (Å²) < 4.78 is 6.07. The quantitative estimate of drug-likeness (QED) is 0.813. The molecule has 0 radical (unpaired) electrons. The van der Waals surface area contributed by atoms with Crippen LogP contribution in [0.15, 0.2) is 24.3 Å². The fraction of sp³-hybridized carbons (Fsp3) is 0.600. The van der Waals surface area contributed by atoms with Crippen LogP contribution in [-0.2, 0) is 4.79 Å². The predicted octanol–water partition coefficient (Wildman–Crippen LogP) is 2.66. The van der Waals surface area contributed by atoms with Crippen molar-refractivity contribution in [3.63, 3.8) is 0 Å². The molecule has 26 heavy (non-hydrogen) atoms. The van der Waals surface area contributed by atoms with E-state index in [2.05, 4.69) is 0 Å². The van der Waals surface area contributed by atoms with Gasteiger partial charge in [-0.25, -0.2) is 0 Å². The molecular weight excluding hydrogens is 348 g/mol. The lowest BCUT2D eigenvalue weighted by Crippen LogP contribution is -2.42. The van der Waals surface area contributed by atoms with Crippen LogP contribution >= 0.6 is 11.8 Å². The molecule has 1 aromatic carbocycles. The minimum atomic E-state index is 0.115. The number of piperidine rings is 1. The Kier molecular flexibility index (Phi) is 5.38. The van der Waals surface area contributed by atoms with Gasteiger partial charge in [-0.3, -0.25) is 9.59 Å². The topological polar surface area (TPSA) is 49.9 Å². The van der Waals surface area contributed by atoms with Crippen molar-refractivity contribution < 1.29 is 14.3 Å². The number of carbonyl (C=O) groups excluding carboxylic acids is 2. The van der Waals surface area contributed by atoms with Crippen molar-refractivity contribution in [2.24, 2.45) is 5.92 Å². The molecule has 0 atom stereocenters. The van der Waals surface area contributed by atoms with Gasteiger partial charge in [-0.1, -0.05) is 0 Å². The third kappa shape index (κ3) is 4.17. The van der Waals surface area contributed by atoms with Crippen LogP contribution in [0, 0.1) is 5.92 Å². The van der Waals surface area contributed by atoms with E-state index < -0.39 is 0 Å². The van der Waals surface area contributed by atoms with Gasteiger partial charge >= 0.3 is 0 Å². The number of benzene rings is 1. The smallest absolute Gasteiger partial charge is 0.253 e. The standard InChI is InChI=1S/C20H26N2O3S/c23-19(15-1-2-15)21-9-7-18(8-10-21)25-17-5-3-16(4-6-17)20(24)22-11-13-26-14-12-22/h3-6,15,18H,1-2,7-14H2. The van der Waals surface area contributed by atoms with Crippen LogP contribution in [0.25, 0.3) is 0 Å². The van der Waals surface area contributed by atoms with Gasteiger partial charge in [-0.2, -0.15) is 11.8 Å². The largest absolute Gasteiger partial charge is 0.490 e. The van der Waals surface area contributed by atoms with Gasteiger partial charge < -0.3 is 14.5 Å². The highest BCUT2D eigenvalue weighted by Crippen LogP contribution is 2.32. The number of amides is 2. The number of rotatable bonds is 4. The molecule has 2 heterocycles. The molecule has 1 aromatic rings. The number of hydrogen-bond acceptors (Lipinski definition) is 4. The van der Waals surface area contributed by atoms with Gasteiger partial charge in [0.2, 0.25) is 5.91 Å². The first-order valence-electron chi connectivity index (χ1n) is 9.63. The molecule has 2 saturated heterocycles. The molecule has 4 rings (SSSR count). The molecular formula is C20H26N2O3S. The van der Waals surface area contributed by atoms with E-state index in [0.29, 0.717) is 11.8 Å². The van der Waals surface area contributed by atoms with Crippen molar-refractivity contribution in [2.75, 3.05) is 37.7 Å². The minimum absolute atomic E-state index is 0.115. The van der Waals surface area contributed by atoms with Gasteiger partial charge in [-0.05, 0) is 37.1 Å². The normalized spacial score (nSPS) is 21.5. The summed E-state index contributed by atoms with van der Waals surface area (Å²) in [7, 11) is 0. The Labute approximate surface area is 159 Å². The highest BCUT2D eigenvalue weighted by Gasteiger charge is 2.35. The van der Waals surface area contributed by atoms with Crippen LogP contribution in [0.1, 0.15) is 36.0 Å². The third-order valence-corrected chi connectivity index (χ3v) is 6.33. The molecule has 5 nitrogen and oxygen atoms in total. The average molecular weight is 375 g/mol. The highest BCUT2D eigenvalue weighted by atomic mass is 32.2. The highest BCUT2D eigenvalue weighted by molar-refractivity contribution is 7.99. The molecule has 3 aliphatic rings. The second-order valence-corrected chi connectivity index (χ2v) is 8.57. The summed E-state index contributed by atoms with van der Waals surface area (Å²) >= 11 is 1.90. The summed E-state index contributed by atoms with van der Waals surface area (Å²) in [5.74, 6) is 3.61. The summed E-state index contributed by atoms with van der Waals surface area (Å²) in [6.07, 6.45) is 4.04. The lowest BCUT2D eigenvalue weighted by molar-refractivity contribution is -0.134. The van der Waals surface area contributed by atoms with Gasteiger partial charge in [0.25, 0.3) is 5.91 Å². The van der Waals surface area contributed by atoms with E-state index >= 15 is 0 Å². The number of ether oxygens (including phenoxy) is 1. The summed E-state index contributed by atoms with van der Waals surface area (Å²) in [4.78, 5) is 28.5. The number of carbonyl (C=O) groups is 2. The molecule has 0 N–H and O–H groups in total. The van der Waals surface area contributed by atoms with E-state index in [4.69, 9.17) is 4.74 Å². The molecule has 0 unspecified atom stereocenters. The van der Waals surface area contributed by atoms with Gasteiger partial charge in [-0.15, -0.1) is 0 Å². The zero-order valence-electron chi connectivity index (χ0n) is 15.1. The van der Waals surface area contributed by atoms with Crippen molar-refractivity contribution in [3.8, 4) is 5.75 Å². The molecule has 0 bridgehead atoms. The molecule has 2 aliphatic heterocycles. The fourth-order valence-corrected chi connectivity index (χ4v) is 4.50. The van der Waals surface area contributed by atoms with Crippen LogP contribution in [0.3, 0.4) is 0 Å². The lowest BCUT2D eigenvalue weighted by Gasteiger charge is -2.32. The van der Waals surface area contributed by atoms with Gasteiger partial charge in [0.1, 0.15) is 11.9 Å². The maximum atomic E-state index is 12.5. The molecule has 6 heteroatoms. The van der Waals surface area contributed by atoms with Crippen LogP contribution < -0.4 is 4.74 Å². The second-order valence-electron chi connectivity index (χ2n) is 7.35. The van der Waals surface area contributed by atoms with Crippen molar-refractivity contribution in [3.05, 3.63) is 29.8 Å². The Bertz CT molecular complexity index is 646. The van der Waals surface area contributed by atoms with E-state index in [1.54, 1.807) is 0 Å². The van der Waals surface area contributed by atoms with E-state index in [0.717, 1.165) is 74.7 Å². The first kappa shape index (κ1) is 17.7. The molecule has 2 amide bonds. The third-order valence-electron chi connectivity index (χ3n) is 5.38. The number of thioether (sulfide) groups is 1. The summed E-state index contributed by atoms with van der Waals surface area (Å²) in [6, 6.07) is 7.53. The predicted molar refractivity (Wildman–Crippen MR) is 103 cm³/mol. The maximum absolute atomic E-state index is 12.5. The van der Waals surface area contributed by atoms with Crippen molar-refractivity contribution in [1.29, 1.82) is 0 Å². The second kappa shape index (κ2) is 7.91. The number of likely N-dealkylation sites (tertiary alicyclic amines) is 1. The number of nitrogens with zero attached hydrogens (tertiary/aromatic N) is 2. The molecule has 0 aromatic heterocycles. The summed E-state index contributed by atoms with van der Waals surface area (Å²) in [5.41, 5.74) is 0.731. The van der Waals surface area contributed by atoms with E-state index in [1.807, 2.05) is 45.8 Å². The molecule has 1 aliphatic carbocycles. The van der Waals surface area contributed by atoms with Crippen LogP contribution in [0.5, 0.6) is 5.75 Å². The lowest BCUT2D eigenvalue weighted by atomic mass is 10.1. The monoisotopic (exact) mass is 374 g/mol. The first-order valence-corrected chi connectivity index (χ1v) is 10.8. The Morgan fingerprint density at radius 2 is 1.54 bits per heavy atom. The van der Waals surface area contributed by atoms with E-state index in [1.165, 1.54) is 0 Å². The first-order chi connectivity index (χ1) is 12.7.